The van der Waals surface area contributed by atoms with Crippen LogP contribution in [0.25, 0.3) is 0 Å². The van der Waals surface area contributed by atoms with Crippen LogP contribution in [-0.4, -0.2) is 11.7 Å². The van der Waals surface area contributed by atoms with Gasteiger partial charge in [-0.2, -0.15) is 0 Å². The molecule has 0 amide bonds. The monoisotopic (exact) mass is 243 g/mol. The molecule has 7 heteroatoms. The molecule has 0 unspecified atom stereocenters. The number of nitrogens with two attached hydrogens (primary N) is 1. The fourth-order valence-corrected chi connectivity index (χ4v) is 1.20. The van der Waals surface area contributed by atoms with Crippen molar-refractivity contribution in [3.05, 3.63) is 33.9 Å². The van der Waals surface area contributed by atoms with E-state index in [1.807, 2.05) is 0 Å². The fourth-order valence-electron chi connectivity index (χ4n) is 1.04. The summed E-state index contributed by atoms with van der Waals surface area (Å²) in [5.74, 6) is -6.84. The number of halogens is 5. The third-order valence-electron chi connectivity index (χ3n) is 1.81. The van der Waals surface area contributed by atoms with Gasteiger partial charge in [-0.3, -0.25) is 0 Å². The molecule has 0 aliphatic carbocycles. The van der Waals surface area contributed by atoms with E-state index in [1.165, 1.54) is 0 Å². The number of aliphatic hydroxyl groups excluding tert-OH is 1. The highest BCUT2D eigenvalue weighted by molar-refractivity contribution is 6.30. The summed E-state index contributed by atoms with van der Waals surface area (Å²) in [6, 6.07) is -1.55. The van der Waals surface area contributed by atoms with Crippen molar-refractivity contribution in [3.63, 3.8) is 0 Å². The minimum atomic E-state index is -1.73. The molecule has 0 aromatic heterocycles. The normalized spacial score (nSPS) is 13.0. The highest BCUT2D eigenvalue weighted by Crippen LogP contribution is 2.30. The Labute approximate surface area is 87.3 Å². The SMILES string of the molecule is N[C@@H](CO)c1c(F)c(F)c(Cl)c(F)c1F. The van der Waals surface area contributed by atoms with Crippen molar-refractivity contribution in [2.45, 2.75) is 6.04 Å². The molecule has 0 fully saturated rings. The first-order valence-electron chi connectivity index (χ1n) is 3.79. The molecule has 0 spiro atoms. The first-order valence-corrected chi connectivity index (χ1v) is 4.17. The van der Waals surface area contributed by atoms with Gasteiger partial charge in [-0.15, -0.1) is 0 Å². The van der Waals surface area contributed by atoms with Crippen LogP contribution in [0.4, 0.5) is 17.6 Å². The van der Waals surface area contributed by atoms with E-state index in [-0.39, 0.29) is 0 Å². The summed E-state index contributed by atoms with van der Waals surface area (Å²) in [6.07, 6.45) is 0. The summed E-state index contributed by atoms with van der Waals surface area (Å²) in [5, 5.41) is 7.27. The van der Waals surface area contributed by atoms with Gasteiger partial charge in [0.2, 0.25) is 0 Å². The summed E-state index contributed by atoms with van der Waals surface area (Å²) < 4.78 is 51.9. The first kappa shape index (κ1) is 12.2. The van der Waals surface area contributed by atoms with E-state index < -0.39 is 46.5 Å². The Balaban J connectivity index is 3.52. The molecule has 0 heterocycles. The van der Waals surface area contributed by atoms with Gasteiger partial charge in [0.1, 0.15) is 5.02 Å². The fraction of sp³-hybridized carbons (Fsp3) is 0.250. The van der Waals surface area contributed by atoms with E-state index in [2.05, 4.69) is 0 Å². The van der Waals surface area contributed by atoms with Crippen LogP contribution < -0.4 is 5.73 Å². The summed E-state index contributed by atoms with van der Waals surface area (Å²) >= 11 is 4.97. The lowest BCUT2D eigenvalue weighted by Gasteiger charge is -2.12. The Morgan fingerprint density at radius 3 is 1.80 bits per heavy atom. The largest absolute Gasteiger partial charge is 0.394 e. The van der Waals surface area contributed by atoms with Crippen molar-refractivity contribution < 1.29 is 22.7 Å². The molecule has 1 aromatic carbocycles. The van der Waals surface area contributed by atoms with Gasteiger partial charge < -0.3 is 10.8 Å². The molecule has 0 aliphatic rings. The summed E-state index contributed by atoms with van der Waals surface area (Å²) in [6.45, 7) is -0.853. The predicted octanol–water partition coefficient (Wildman–Crippen LogP) is 1.89. The lowest BCUT2D eigenvalue weighted by molar-refractivity contribution is 0.259. The Morgan fingerprint density at radius 2 is 1.47 bits per heavy atom. The lowest BCUT2D eigenvalue weighted by atomic mass is 10.1. The van der Waals surface area contributed by atoms with E-state index in [9.17, 15) is 17.6 Å². The van der Waals surface area contributed by atoms with Crippen molar-refractivity contribution >= 4 is 11.6 Å². The second-order valence-corrected chi connectivity index (χ2v) is 3.15. The third kappa shape index (κ3) is 1.92. The van der Waals surface area contributed by atoms with E-state index in [4.69, 9.17) is 22.4 Å². The zero-order valence-electron chi connectivity index (χ0n) is 7.20. The summed E-state index contributed by atoms with van der Waals surface area (Å²) in [7, 11) is 0. The molecule has 1 atom stereocenters. The zero-order chi connectivity index (χ0) is 11.7. The highest BCUT2D eigenvalue weighted by atomic mass is 35.5. The van der Waals surface area contributed by atoms with Crippen LogP contribution in [-0.2, 0) is 0 Å². The minimum Gasteiger partial charge on any atom is -0.394 e. The predicted molar refractivity (Wildman–Crippen MR) is 45.3 cm³/mol. The van der Waals surface area contributed by atoms with Crippen molar-refractivity contribution in [2.75, 3.05) is 6.61 Å². The molecule has 1 rings (SSSR count). The average Bonchev–Trinajstić information content (AvgIpc) is 2.23. The van der Waals surface area contributed by atoms with Crippen molar-refractivity contribution in [1.82, 2.24) is 0 Å². The van der Waals surface area contributed by atoms with Crippen molar-refractivity contribution in [2.24, 2.45) is 5.73 Å². The van der Waals surface area contributed by atoms with Crippen LogP contribution in [0.15, 0.2) is 0 Å². The second kappa shape index (κ2) is 4.34. The molecule has 0 saturated carbocycles. The van der Waals surface area contributed by atoms with Gasteiger partial charge in [-0.25, -0.2) is 17.6 Å². The van der Waals surface area contributed by atoms with Crippen LogP contribution in [0.3, 0.4) is 0 Å². The van der Waals surface area contributed by atoms with Crippen LogP contribution in [0.1, 0.15) is 11.6 Å². The number of rotatable bonds is 2. The van der Waals surface area contributed by atoms with E-state index in [1.54, 1.807) is 0 Å². The maximum Gasteiger partial charge on any atom is 0.180 e. The van der Waals surface area contributed by atoms with E-state index >= 15 is 0 Å². The molecule has 0 saturated heterocycles. The molecule has 0 aliphatic heterocycles. The van der Waals surface area contributed by atoms with Crippen LogP contribution in [0.5, 0.6) is 0 Å². The van der Waals surface area contributed by atoms with Crippen molar-refractivity contribution in [3.8, 4) is 0 Å². The van der Waals surface area contributed by atoms with Gasteiger partial charge in [0.15, 0.2) is 23.3 Å². The van der Waals surface area contributed by atoms with Gasteiger partial charge in [-0.1, -0.05) is 11.6 Å². The van der Waals surface area contributed by atoms with E-state index in [0.717, 1.165) is 0 Å². The molecule has 2 nitrogen and oxygen atoms in total. The standard InChI is InChI=1S/C8H6ClF4NO/c9-4-7(12)5(10)3(2(14)1-15)6(11)8(4)13/h2,15H,1,14H2/t2-/m0/s1. The number of hydrogen-bond donors (Lipinski definition) is 2. The number of hydrogen-bond acceptors (Lipinski definition) is 2. The Bertz CT molecular complexity index is 370. The molecule has 0 radical (unpaired) electrons. The summed E-state index contributed by atoms with van der Waals surface area (Å²) in [5.41, 5.74) is 4.02. The zero-order valence-corrected chi connectivity index (χ0v) is 7.95. The Kier molecular flexibility index (Phi) is 3.54. The third-order valence-corrected chi connectivity index (χ3v) is 2.14. The van der Waals surface area contributed by atoms with Crippen LogP contribution in [0, 0.1) is 23.3 Å². The maximum atomic E-state index is 13.1. The molecular weight excluding hydrogens is 238 g/mol. The van der Waals surface area contributed by atoms with E-state index in [0.29, 0.717) is 0 Å². The smallest absolute Gasteiger partial charge is 0.180 e. The first-order chi connectivity index (χ1) is 6.91. The van der Waals surface area contributed by atoms with Crippen LogP contribution in [0.2, 0.25) is 5.02 Å². The Morgan fingerprint density at radius 1 is 1.07 bits per heavy atom. The topological polar surface area (TPSA) is 46.2 Å². The minimum absolute atomic E-state index is 0.853. The molecule has 3 N–H and O–H groups in total. The quantitative estimate of drug-likeness (QED) is 0.473. The van der Waals surface area contributed by atoms with Gasteiger partial charge in [0.05, 0.1) is 12.6 Å². The molecule has 1 aromatic rings. The number of benzene rings is 1. The lowest BCUT2D eigenvalue weighted by Crippen LogP contribution is -2.20. The Hall–Kier alpha value is -0.850. The average molecular weight is 244 g/mol. The van der Waals surface area contributed by atoms with Crippen molar-refractivity contribution in [1.29, 1.82) is 0 Å². The van der Waals surface area contributed by atoms with Gasteiger partial charge in [-0.05, 0) is 0 Å². The molecule has 84 valence electrons. The molecular formula is C8H6ClF4NO. The van der Waals surface area contributed by atoms with Gasteiger partial charge >= 0.3 is 0 Å². The van der Waals surface area contributed by atoms with Gasteiger partial charge in [0, 0.05) is 5.56 Å². The molecule has 0 bridgehead atoms. The maximum absolute atomic E-state index is 13.1. The van der Waals surface area contributed by atoms with Gasteiger partial charge in [0.25, 0.3) is 0 Å². The summed E-state index contributed by atoms with van der Waals surface area (Å²) in [4.78, 5) is 0. The molecule has 15 heavy (non-hydrogen) atoms. The second-order valence-electron chi connectivity index (χ2n) is 2.77. The highest BCUT2D eigenvalue weighted by Gasteiger charge is 2.27. The van der Waals surface area contributed by atoms with Crippen LogP contribution >= 0.6 is 11.6 Å². The number of aliphatic hydroxyl groups is 1.